The summed E-state index contributed by atoms with van der Waals surface area (Å²) in [6, 6.07) is 18.6. The zero-order valence-electron chi connectivity index (χ0n) is 19.5. The maximum Gasteiger partial charge on any atom is 0.303 e. The minimum absolute atomic E-state index is 0.130. The Balaban J connectivity index is 1.71. The molecule has 5 nitrogen and oxygen atoms in total. The van der Waals surface area contributed by atoms with Gasteiger partial charge in [-0.2, -0.15) is 0 Å². The minimum atomic E-state index is -3.06. The molecule has 36 heavy (non-hydrogen) atoms. The van der Waals surface area contributed by atoms with Gasteiger partial charge in [0.05, 0.1) is 5.97 Å². The minimum Gasteiger partial charge on any atom is -0.546 e. The van der Waals surface area contributed by atoms with Crippen molar-refractivity contribution in [3.63, 3.8) is 0 Å². The second-order valence-corrected chi connectivity index (χ2v) is 9.34. The number of ether oxygens (including phenoxy) is 2. The topological polar surface area (TPSA) is 75.7 Å². The highest BCUT2D eigenvalue weighted by molar-refractivity contribution is 6.30. The first-order valence-corrected chi connectivity index (χ1v) is 11.9. The van der Waals surface area contributed by atoms with Crippen molar-refractivity contribution in [3.05, 3.63) is 94.8 Å². The van der Waals surface area contributed by atoms with E-state index < -0.39 is 35.4 Å². The highest BCUT2D eigenvalue weighted by atomic mass is 35.5. The van der Waals surface area contributed by atoms with Crippen molar-refractivity contribution in [1.82, 2.24) is 0 Å². The van der Waals surface area contributed by atoms with Gasteiger partial charge in [-0.05, 0) is 66.3 Å². The first-order valence-electron chi connectivity index (χ1n) is 11.5. The molecule has 0 heterocycles. The molecule has 3 aromatic carbocycles. The number of alkyl halides is 1. The van der Waals surface area contributed by atoms with Crippen molar-refractivity contribution in [2.75, 3.05) is 0 Å². The summed E-state index contributed by atoms with van der Waals surface area (Å²) in [4.78, 5) is 24.4. The first-order chi connectivity index (χ1) is 17.2. The highest BCUT2D eigenvalue weighted by Gasteiger charge is 2.55. The van der Waals surface area contributed by atoms with Crippen LogP contribution >= 0.6 is 11.6 Å². The number of carbonyl (C=O) groups is 2. The fourth-order valence-electron chi connectivity index (χ4n) is 4.47. The summed E-state index contributed by atoms with van der Waals surface area (Å²) in [6.07, 6.45) is -0.849. The molecule has 8 heteroatoms. The van der Waals surface area contributed by atoms with E-state index in [0.29, 0.717) is 34.7 Å². The van der Waals surface area contributed by atoms with Crippen LogP contribution in [-0.4, -0.2) is 23.7 Å². The Morgan fingerprint density at radius 1 is 1.08 bits per heavy atom. The Hall–Kier alpha value is -3.45. The van der Waals surface area contributed by atoms with Crippen LogP contribution in [0, 0.1) is 11.7 Å². The SMILES string of the molecule is CC(=O)OC(Cc1ccc(F)c(Oc2ccccc2)c1)C(F)(C(=O)[O-])[C@H](c1ccc(Cl)cc1)C1CC1. The Bertz CT molecular complexity index is 1230. The van der Waals surface area contributed by atoms with Gasteiger partial charge in [0, 0.05) is 24.3 Å². The van der Waals surface area contributed by atoms with Crippen LogP contribution in [0.5, 0.6) is 11.5 Å². The van der Waals surface area contributed by atoms with Crippen LogP contribution in [0.1, 0.15) is 36.8 Å². The second kappa shape index (κ2) is 10.7. The van der Waals surface area contributed by atoms with Crippen molar-refractivity contribution < 1.29 is 33.0 Å². The number of hydrogen-bond donors (Lipinski definition) is 0. The number of aliphatic carboxylic acids is 1. The number of rotatable bonds is 10. The predicted molar refractivity (Wildman–Crippen MR) is 128 cm³/mol. The summed E-state index contributed by atoms with van der Waals surface area (Å²) in [6.45, 7) is 1.08. The highest BCUT2D eigenvalue weighted by Crippen LogP contribution is 2.52. The van der Waals surface area contributed by atoms with Crippen molar-refractivity contribution in [2.45, 2.75) is 43.9 Å². The molecular weight excluding hydrogens is 490 g/mol. The number of para-hydroxylation sites is 1. The summed E-state index contributed by atoms with van der Waals surface area (Å²) in [5, 5.41) is 12.8. The molecule has 0 aliphatic heterocycles. The molecule has 0 spiro atoms. The lowest BCUT2D eigenvalue weighted by Gasteiger charge is -2.40. The molecule has 0 N–H and O–H groups in total. The van der Waals surface area contributed by atoms with Crippen molar-refractivity contribution in [3.8, 4) is 11.5 Å². The molecule has 0 saturated heterocycles. The summed E-state index contributed by atoms with van der Waals surface area (Å²) in [5.41, 5.74) is -2.32. The predicted octanol–water partition coefficient (Wildman–Crippen LogP) is 5.40. The van der Waals surface area contributed by atoms with Gasteiger partial charge < -0.3 is 19.4 Å². The van der Waals surface area contributed by atoms with E-state index in [1.165, 1.54) is 12.1 Å². The van der Waals surface area contributed by atoms with Crippen LogP contribution in [-0.2, 0) is 20.7 Å². The number of carbonyl (C=O) groups excluding carboxylic acids is 2. The van der Waals surface area contributed by atoms with E-state index in [1.807, 2.05) is 0 Å². The normalized spacial score (nSPS) is 16.4. The van der Waals surface area contributed by atoms with Gasteiger partial charge in [-0.25, -0.2) is 8.78 Å². The van der Waals surface area contributed by atoms with Gasteiger partial charge in [0.1, 0.15) is 11.9 Å². The molecule has 0 radical (unpaired) electrons. The van der Waals surface area contributed by atoms with Gasteiger partial charge in [0.15, 0.2) is 17.2 Å². The van der Waals surface area contributed by atoms with Gasteiger partial charge in [-0.15, -0.1) is 0 Å². The maximum absolute atomic E-state index is 16.8. The molecule has 1 saturated carbocycles. The maximum atomic E-state index is 16.8. The standard InChI is InChI=1S/C28H25ClF2O5/c1-17(32)35-25(16-18-7-14-23(30)24(15-18)36-22-5-3-2-4-6-22)28(31,27(33)34)26(19-8-9-19)20-10-12-21(29)13-11-20/h2-7,10-15,19,25-26H,8-9,16H2,1H3,(H,33,34)/p-1/t25?,26-,28?/m0/s1. The van der Waals surface area contributed by atoms with Crippen LogP contribution in [0.15, 0.2) is 72.8 Å². The summed E-state index contributed by atoms with van der Waals surface area (Å²) < 4.78 is 42.2. The quantitative estimate of drug-likeness (QED) is 0.339. The number of carboxylic acids is 1. The van der Waals surface area contributed by atoms with E-state index >= 15 is 4.39 Å². The largest absolute Gasteiger partial charge is 0.546 e. The Morgan fingerprint density at radius 2 is 1.75 bits per heavy atom. The third-order valence-electron chi connectivity index (χ3n) is 6.25. The number of hydrogen-bond acceptors (Lipinski definition) is 5. The van der Waals surface area contributed by atoms with Crippen LogP contribution in [0.3, 0.4) is 0 Å². The van der Waals surface area contributed by atoms with Gasteiger partial charge in [0.25, 0.3) is 0 Å². The van der Waals surface area contributed by atoms with Crippen LogP contribution < -0.4 is 9.84 Å². The number of halogens is 3. The summed E-state index contributed by atoms with van der Waals surface area (Å²) in [7, 11) is 0. The van der Waals surface area contributed by atoms with Gasteiger partial charge in [-0.1, -0.05) is 48.0 Å². The fourth-order valence-corrected chi connectivity index (χ4v) is 4.60. The summed E-state index contributed by atoms with van der Waals surface area (Å²) >= 11 is 5.98. The molecule has 0 bridgehead atoms. The molecule has 1 aliphatic carbocycles. The number of carboxylic acid groups (broad SMARTS) is 1. The van der Waals surface area contributed by atoms with E-state index in [4.69, 9.17) is 21.1 Å². The zero-order valence-corrected chi connectivity index (χ0v) is 20.2. The van der Waals surface area contributed by atoms with Crippen LogP contribution in [0.4, 0.5) is 8.78 Å². The summed E-state index contributed by atoms with van der Waals surface area (Å²) in [5.74, 6) is -4.65. The van der Waals surface area contributed by atoms with E-state index in [0.717, 1.165) is 13.0 Å². The van der Waals surface area contributed by atoms with Crippen LogP contribution in [0.2, 0.25) is 5.02 Å². The van der Waals surface area contributed by atoms with Crippen molar-refractivity contribution in [1.29, 1.82) is 0 Å². The molecule has 1 fully saturated rings. The Morgan fingerprint density at radius 3 is 2.33 bits per heavy atom. The van der Waals surface area contributed by atoms with E-state index in [2.05, 4.69) is 0 Å². The molecule has 0 amide bonds. The molecule has 4 rings (SSSR count). The molecule has 0 aromatic heterocycles. The van der Waals surface area contributed by atoms with E-state index in [-0.39, 0.29) is 18.1 Å². The fraction of sp³-hybridized carbons (Fsp3) is 0.286. The average Bonchev–Trinajstić information content (AvgIpc) is 3.67. The molecule has 3 aromatic rings. The smallest absolute Gasteiger partial charge is 0.303 e. The zero-order chi connectivity index (χ0) is 25.9. The van der Waals surface area contributed by atoms with Crippen LogP contribution in [0.25, 0.3) is 0 Å². The number of esters is 1. The molecular formula is C28H24ClF2O5-. The molecule has 2 unspecified atom stereocenters. The third kappa shape index (κ3) is 5.68. The number of benzene rings is 3. The Labute approximate surface area is 212 Å². The van der Waals surface area contributed by atoms with Gasteiger partial charge >= 0.3 is 5.97 Å². The second-order valence-electron chi connectivity index (χ2n) is 8.90. The van der Waals surface area contributed by atoms with E-state index in [9.17, 15) is 19.1 Å². The van der Waals surface area contributed by atoms with E-state index in [1.54, 1.807) is 54.6 Å². The third-order valence-corrected chi connectivity index (χ3v) is 6.50. The lowest BCUT2D eigenvalue weighted by atomic mass is 9.75. The van der Waals surface area contributed by atoms with Gasteiger partial charge in [0.2, 0.25) is 0 Å². The van der Waals surface area contributed by atoms with Crippen molar-refractivity contribution >= 4 is 23.5 Å². The lowest BCUT2D eigenvalue weighted by Crippen LogP contribution is -2.59. The molecule has 1 aliphatic rings. The van der Waals surface area contributed by atoms with Crippen molar-refractivity contribution in [2.24, 2.45) is 5.92 Å². The average molecular weight is 514 g/mol. The lowest BCUT2D eigenvalue weighted by molar-refractivity contribution is -0.326. The monoisotopic (exact) mass is 513 g/mol. The Kier molecular flexibility index (Phi) is 7.59. The molecule has 188 valence electrons. The molecule has 3 atom stereocenters. The van der Waals surface area contributed by atoms with Gasteiger partial charge in [-0.3, -0.25) is 4.79 Å². The first kappa shape index (κ1) is 25.6.